The van der Waals surface area contributed by atoms with Crippen molar-refractivity contribution < 1.29 is 14.4 Å². The average Bonchev–Trinajstić information content (AvgIpc) is 3.32. The Morgan fingerprint density at radius 1 is 1.54 bits per heavy atom. The number of aryl methyl sites for hydroxylation is 1. The van der Waals surface area contributed by atoms with Crippen LogP contribution in [0.4, 0.5) is 4.79 Å². The lowest BCUT2D eigenvalue weighted by molar-refractivity contribution is -0.136. The lowest BCUT2D eigenvalue weighted by atomic mass is 9.80. The highest BCUT2D eigenvalue weighted by atomic mass is 32.1. The number of hydrogen-bond donors (Lipinski definition) is 2. The van der Waals surface area contributed by atoms with Gasteiger partial charge in [-0.3, -0.25) is 14.5 Å². The number of urea groups is 1. The smallest absolute Gasteiger partial charge is 0.325 e. The molecule has 0 radical (unpaired) electrons. The van der Waals surface area contributed by atoms with Crippen molar-refractivity contribution in [3.05, 3.63) is 21.9 Å². The van der Waals surface area contributed by atoms with Crippen molar-refractivity contribution in [3.8, 4) is 6.07 Å². The number of hydrogen-bond acceptors (Lipinski definition) is 5. The number of fused-ring (bicyclic) bond motifs is 2. The molecule has 26 heavy (non-hydrogen) atoms. The summed E-state index contributed by atoms with van der Waals surface area (Å²) in [5.74, 6) is -0.720. The molecule has 1 aromatic heterocycles. The summed E-state index contributed by atoms with van der Waals surface area (Å²) in [6.45, 7) is 1.32. The van der Waals surface area contributed by atoms with Gasteiger partial charge in [-0.2, -0.15) is 5.26 Å². The minimum atomic E-state index is -1.04. The average molecular weight is 372 g/mol. The maximum absolute atomic E-state index is 13.1. The molecule has 2 N–H and O–H groups in total. The summed E-state index contributed by atoms with van der Waals surface area (Å²) in [6.07, 6.45) is 4.06. The van der Waals surface area contributed by atoms with Crippen LogP contribution in [0.3, 0.4) is 0 Å². The number of nitriles is 1. The number of carbonyl (C=O) groups excluding carboxylic acids is 3. The lowest BCUT2D eigenvalue weighted by Gasteiger charge is -2.31. The molecule has 0 bridgehead atoms. The van der Waals surface area contributed by atoms with Gasteiger partial charge in [0.25, 0.3) is 5.91 Å². The summed E-state index contributed by atoms with van der Waals surface area (Å²) >= 11 is 1.59. The van der Waals surface area contributed by atoms with E-state index in [0.29, 0.717) is 6.42 Å². The predicted octanol–water partition coefficient (Wildman–Crippen LogP) is 1.64. The molecule has 136 valence electrons. The van der Waals surface area contributed by atoms with Crippen molar-refractivity contribution >= 4 is 29.2 Å². The van der Waals surface area contributed by atoms with Gasteiger partial charge in [-0.25, -0.2) is 4.79 Å². The van der Waals surface area contributed by atoms with Gasteiger partial charge in [0.1, 0.15) is 17.6 Å². The first-order valence-electron chi connectivity index (χ1n) is 8.83. The summed E-state index contributed by atoms with van der Waals surface area (Å²) in [7, 11) is 0. The van der Waals surface area contributed by atoms with Crippen molar-refractivity contribution in [2.75, 3.05) is 6.54 Å². The van der Waals surface area contributed by atoms with Crippen LogP contribution in [0, 0.1) is 17.2 Å². The standard InChI is InChI=1S/C18H20N4O3S/c1-17(10-19,11-4-5-11)20-14(23)9-22-15(24)18(21-16(22)25)7-2-3-13-12(18)6-8-26-13/h6,8,11H,2-5,7,9H2,1H3,(H,20,23)(H,21,25)/t17-,18-/m0/s1. The van der Waals surface area contributed by atoms with Crippen molar-refractivity contribution in [1.82, 2.24) is 15.5 Å². The van der Waals surface area contributed by atoms with E-state index >= 15 is 0 Å². The van der Waals surface area contributed by atoms with E-state index in [1.165, 1.54) is 0 Å². The molecule has 4 rings (SSSR count). The molecule has 2 atom stereocenters. The van der Waals surface area contributed by atoms with E-state index in [2.05, 4.69) is 16.7 Å². The van der Waals surface area contributed by atoms with Crippen molar-refractivity contribution in [2.45, 2.75) is 50.1 Å². The normalized spacial score (nSPS) is 26.8. The quantitative estimate of drug-likeness (QED) is 0.784. The molecule has 3 aliphatic rings. The Morgan fingerprint density at radius 2 is 2.31 bits per heavy atom. The zero-order valence-corrected chi connectivity index (χ0v) is 15.3. The second kappa shape index (κ2) is 5.81. The van der Waals surface area contributed by atoms with E-state index in [1.807, 2.05) is 11.4 Å². The summed E-state index contributed by atoms with van der Waals surface area (Å²) in [6, 6.07) is 3.49. The monoisotopic (exact) mass is 372 g/mol. The van der Waals surface area contributed by atoms with Gasteiger partial charge in [0, 0.05) is 10.4 Å². The number of imide groups is 1. The fraction of sp³-hybridized carbons (Fsp3) is 0.556. The third-order valence-electron chi connectivity index (χ3n) is 5.66. The molecular formula is C18H20N4O3S. The highest BCUT2D eigenvalue weighted by Crippen LogP contribution is 2.42. The molecule has 2 heterocycles. The van der Waals surface area contributed by atoms with Crippen LogP contribution in [0.5, 0.6) is 0 Å². The van der Waals surface area contributed by atoms with Gasteiger partial charge in [0.2, 0.25) is 5.91 Å². The molecule has 0 unspecified atom stereocenters. The van der Waals surface area contributed by atoms with Crippen LogP contribution >= 0.6 is 11.3 Å². The fourth-order valence-electron chi connectivity index (χ4n) is 4.04. The molecule has 2 aliphatic carbocycles. The Kier molecular flexibility index (Phi) is 3.81. The summed E-state index contributed by atoms with van der Waals surface area (Å²) in [5, 5.41) is 16.8. The first-order chi connectivity index (χ1) is 12.4. The van der Waals surface area contributed by atoms with Crippen LogP contribution in [-0.2, 0) is 21.5 Å². The molecule has 1 aromatic rings. The van der Waals surface area contributed by atoms with Gasteiger partial charge >= 0.3 is 6.03 Å². The van der Waals surface area contributed by atoms with E-state index in [9.17, 15) is 19.6 Å². The molecule has 7 nitrogen and oxygen atoms in total. The van der Waals surface area contributed by atoms with E-state index in [4.69, 9.17) is 0 Å². The minimum Gasteiger partial charge on any atom is -0.336 e. The van der Waals surface area contributed by atoms with E-state index in [-0.39, 0.29) is 18.4 Å². The first kappa shape index (κ1) is 17.0. The molecule has 1 spiro atoms. The van der Waals surface area contributed by atoms with Gasteiger partial charge in [0.15, 0.2) is 0 Å². The predicted molar refractivity (Wildman–Crippen MR) is 94.1 cm³/mol. The Hall–Kier alpha value is -2.40. The van der Waals surface area contributed by atoms with Gasteiger partial charge in [-0.15, -0.1) is 11.3 Å². The molecule has 8 heteroatoms. The largest absolute Gasteiger partial charge is 0.336 e. The van der Waals surface area contributed by atoms with Gasteiger partial charge < -0.3 is 10.6 Å². The van der Waals surface area contributed by atoms with Crippen LogP contribution in [0.15, 0.2) is 11.4 Å². The van der Waals surface area contributed by atoms with Crippen LogP contribution in [0.25, 0.3) is 0 Å². The topological polar surface area (TPSA) is 102 Å². The van der Waals surface area contributed by atoms with Crippen LogP contribution in [-0.4, -0.2) is 34.8 Å². The highest BCUT2D eigenvalue weighted by Gasteiger charge is 2.55. The second-order valence-electron chi connectivity index (χ2n) is 7.47. The number of nitrogens with one attached hydrogen (secondary N) is 2. The Bertz CT molecular complexity index is 840. The number of rotatable bonds is 4. The third-order valence-corrected chi connectivity index (χ3v) is 6.64. The maximum atomic E-state index is 13.1. The lowest BCUT2D eigenvalue weighted by Crippen LogP contribution is -2.51. The minimum absolute atomic E-state index is 0.137. The maximum Gasteiger partial charge on any atom is 0.325 e. The molecular weight excluding hydrogens is 352 g/mol. The number of carbonyl (C=O) groups is 3. The van der Waals surface area contributed by atoms with Crippen LogP contribution < -0.4 is 10.6 Å². The zero-order chi connectivity index (χ0) is 18.5. The van der Waals surface area contributed by atoms with E-state index in [0.717, 1.165) is 41.0 Å². The van der Waals surface area contributed by atoms with Crippen LogP contribution in [0.1, 0.15) is 43.0 Å². The highest BCUT2D eigenvalue weighted by molar-refractivity contribution is 7.10. The van der Waals surface area contributed by atoms with Crippen molar-refractivity contribution in [3.63, 3.8) is 0 Å². The third kappa shape index (κ3) is 2.50. The Labute approximate surface area is 155 Å². The van der Waals surface area contributed by atoms with E-state index < -0.39 is 23.0 Å². The van der Waals surface area contributed by atoms with Crippen LogP contribution in [0.2, 0.25) is 0 Å². The zero-order valence-electron chi connectivity index (χ0n) is 14.5. The summed E-state index contributed by atoms with van der Waals surface area (Å²) in [4.78, 5) is 40.1. The van der Waals surface area contributed by atoms with Crippen molar-refractivity contribution in [1.29, 1.82) is 5.26 Å². The molecule has 1 saturated carbocycles. The van der Waals surface area contributed by atoms with E-state index in [1.54, 1.807) is 18.3 Å². The second-order valence-corrected chi connectivity index (χ2v) is 8.48. The molecule has 0 aromatic carbocycles. The fourth-order valence-corrected chi connectivity index (χ4v) is 5.04. The van der Waals surface area contributed by atoms with Gasteiger partial charge in [-0.1, -0.05) is 0 Å². The summed E-state index contributed by atoms with van der Waals surface area (Å²) < 4.78 is 0. The summed E-state index contributed by atoms with van der Waals surface area (Å²) in [5.41, 5.74) is -1.13. The molecule has 4 amide bonds. The number of amides is 4. The van der Waals surface area contributed by atoms with Gasteiger partial charge in [-0.05, 0) is 56.4 Å². The molecule has 1 saturated heterocycles. The van der Waals surface area contributed by atoms with Crippen molar-refractivity contribution in [2.24, 2.45) is 5.92 Å². The first-order valence-corrected chi connectivity index (χ1v) is 9.71. The number of thiophene rings is 1. The number of nitrogens with zero attached hydrogens (tertiary/aromatic N) is 2. The Morgan fingerprint density at radius 3 is 3.00 bits per heavy atom. The molecule has 2 fully saturated rings. The molecule has 1 aliphatic heterocycles. The SMILES string of the molecule is C[C@@](C#N)(NC(=O)CN1C(=O)N[C@]2(CCCc3sccc32)C1=O)C1CC1. The van der Waals surface area contributed by atoms with Gasteiger partial charge in [0.05, 0.1) is 6.07 Å². The Balaban J connectivity index is 1.52.